The molecule has 0 aliphatic heterocycles. The lowest BCUT2D eigenvalue weighted by Gasteiger charge is -2.24. The molecule has 7 heteroatoms. The Balaban J connectivity index is 1.41. The van der Waals surface area contributed by atoms with E-state index in [9.17, 15) is 0 Å². The maximum Gasteiger partial charge on any atom is 0.177 e. The predicted octanol–water partition coefficient (Wildman–Crippen LogP) is 5.14. The van der Waals surface area contributed by atoms with Gasteiger partial charge in [-0.1, -0.05) is 18.2 Å². The fourth-order valence-electron chi connectivity index (χ4n) is 4.26. The maximum atomic E-state index is 6.22. The fraction of sp³-hybridized carbons (Fsp3) is 0.280. The summed E-state index contributed by atoms with van der Waals surface area (Å²) in [7, 11) is 0. The quantitative estimate of drug-likeness (QED) is 0.407. The highest BCUT2D eigenvalue weighted by molar-refractivity contribution is 5.80. The van der Waals surface area contributed by atoms with Gasteiger partial charge >= 0.3 is 0 Å². The number of nitrogens with one attached hydrogen (secondary N) is 1. The number of hydrogen-bond donors (Lipinski definition) is 3. The summed E-state index contributed by atoms with van der Waals surface area (Å²) in [5.41, 5.74) is 16.8. The SMILES string of the molecule is Cc1c(N)nn2cc([C@H]3CC[C@H](N)CC3)nc2c1Nc1ccc(Oc2ccccc2)cc1. The van der Waals surface area contributed by atoms with E-state index >= 15 is 0 Å². The van der Waals surface area contributed by atoms with Crippen LogP contribution in [0.3, 0.4) is 0 Å². The number of fused-ring (bicyclic) bond motifs is 1. The molecule has 1 aliphatic rings. The Morgan fingerprint density at radius 3 is 2.38 bits per heavy atom. The van der Waals surface area contributed by atoms with Crippen molar-refractivity contribution in [2.24, 2.45) is 5.73 Å². The van der Waals surface area contributed by atoms with Crippen LogP contribution in [0.5, 0.6) is 11.5 Å². The molecule has 5 N–H and O–H groups in total. The normalized spacial score (nSPS) is 18.6. The van der Waals surface area contributed by atoms with Crippen LogP contribution < -0.4 is 21.5 Å². The van der Waals surface area contributed by atoms with E-state index in [4.69, 9.17) is 21.2 Å². The third-order valence-electron chi connectivity index (χ3n) is 6.20. The van der Waals surface area contributed by atoms with Gasteiger partial charge in [-0.3, -0.25) is 0 Å². The van der Waals surface area contributed by atoms with Gasteiger partial charge in [0.1, 0.15) is 17.3 Å². The summed E-state index contributed by atoms with van der Waals surface area (Å²) in [6, 6.07) is 17.9. The van der Waals surface area contributed by atoms with Gasteiger partial charge in [0, 0.05) is 23.2 Å². The number of ether oxygens (including phenoxy) is 1. The first-order valence-corrected chi connectivity index (χ1v) is 11.1. The topological polar surface area (TPSA) is 103 Å². The number of aromatic nitrogens is 3. The van der Waals surface area contributed by atoms with Crippen molar-refractivity contribution in [1.29, 1.82) is 0 Å². The molecule has 4 aromatic rings. The van der Waals surface area contributed by atoms with Crippen LogP contribution in [0, 0.1) is 6.92 Å². The van der Waals surface area contributed by atoms with Crippen molar-refractivity contribution in [3.8, 4) is 11.5 Å². The first-order chi connectivity index (χ1) is 15.6. The minimum Gasteiger partial charge on any atom is -0.457 e. The molecule has 1 fully saturated rings. The summed E-state index contributed by atoms with van der Waals surface area (Å²) in [4.78, 5) is 4.95. The van der Waals surface area contributed by atoms with Gasteiger partial charge in [0.2, 0.25) is 0 Å². The van der Waals surface area contributed by atoms with Crippen LogP contribution in [0.4, 0.5) is 17.2 Å². The predicted molar refractivity (Wildman–Crippen MR) is 128 cm³/mol. The van der Waals surface area contributed by atoms with Gasteiger partial charge in [-0.15, -0.1) is 5.10 Å². The van der Waals surface area contributed by atoms with Crippen LogP contribution in [0.25, 0.3) is 5.65 Å². The minimum atomic E-state index is 0.311. The molecule has 164 valence electrons. The van der Waals surface area contributed by atoms with E-state index in [1.807, 2.05) is 67.7 Å². The monoisotopic (exact) mass is 428 g/mol. The van der Waals surface area contributed by atoms with Gasteiger partial charge in [0.05, 0.1) is 17.6 Å². The van der Waals surface area contributed by atoms with Crippen molar-refractivity contribution < 1.29 is 4.74 Å². The lowest BCUT2D eigenvalue weighted by atomic mass is 9.85. The summed E-state index contributed by atoms with van der Waals surface area (Å²) in [5, 5.41) is 8.01. The van der Waals surface area contributed by atoms with Crippen LogP contribution in [-0.4, -0.2) is 20.6 Å². The summed E-state index contributed by atoms with van der Waals surface area (Å²) >= 11 is 0. The maximum absolute atomic E-state index is 6.22. The van der Waals surface area contributed by atoms with Crippen LogP contribution in [-0.2, 0) is 0 Å². The van der Waals surface area contributed by atoms with Crippen molar-refractivity contribution >= 4 is 22.8 Å². The largest absolute Gasteiger partial charge is 0.457 e. The third-order valence-corrected chi connectivity index (χ3v) is 6.20. The van der Waals surface area contributed by atoms with Crippen LogP contribution in [0.1, 0.15) is 42.9 Å². The van der Waals surface area contributed by atoms with E-state index in [1.165, 1.54) is 0 Å². The van der Waals surface area contributed by atoms with Crippen molar-refractivity contribution in [3.63, 3.8) is 0 Å². The van der Waals surface area contributed by atoms with Crippen molar-refractivity contribution in [2.75, 3.05) is 11.1 Å². The highest BCUT2D eigenvalue weighted by atomic mass is 16.5. The number of imidazole rings is 1. The summed E-state index contributed by atoms with van der Waals surface area (Å²) in [6.07, 6.45) is 6.20. The van der Waals surface area contributed by atoms with Crippen LogP contribution >= 0.6 is 0 Å². The van der Waals surface area contributed by atoms with E-state index in [0.29, 0.717) is 17.8 Å². The van der Waals surface area contributed by atoms with Crippen molar-refractivity contribution in [2.45, 2.75) is 44.6 Å². The van der Waals surface area contributed by atoms with Crippen LogP contribution in [0.15, 0.2) is 60.8 Å². The molecule has 0 atom stereocenters. The number of nitrogens with two attached hydrogens (primary N) is 2. The van der Waals surface area contributed by atoms with Gasteiger partial charge in [-0.05, 0) is 69.0 Å². The Morgan fingerprint density at radius 1 is 0.969 bits per heavy atom. The number of nitrogen functional groups attached to an aromatic ring is 1. The third kappa shape index (κ3) is 4.11. The second-order valence-electron chi connectivity index (χ2n) is 8.50. The van der Waals surface area contributed by atoms with E-state index in [2.05, 4.69) is 10.4 Å². The summed E-state index contributed by atoms with van der Waals surface area (Å²) < 4.78 is 7.68. The van der Waals surface area contributed by atoms with E-state index in [0.717, 1.165) is 65.5 Å². The second kappa shape index (κ2) is 8.51. The van der Waals surface area contributed by atoms with Gasteiger partial charge in [0.15, 0.2) is 5.65 Å². The molecular weight excluding hydrogens is 400 g/mol. The van der Waals surface area contributed by atoms with Gasteiger partial charge in [0.25, 0.3) is 0 Å². The molecule has 1 saturated carbocycles. The summed E-state index contributed by atoms with van der Waals surface area (Å²) in [5.74, 6) is 2.48. The zero-order valence-corrected chi connectivity index (χ0v) is 18.2. The number of benzene rings is 2. The Bertz CT molecular complexity index is 1210. The molecule has 1 aliphatic carbocycles. The first kappa shape index (κ1) is 20.3. The van der Waals surface area contributed by atoms with Gasteiger partial charge in [-0.25, -0.2) is 9.50 Å². The Labute approximate surface area is 187 Å². The highest BCUT2D eigenvalue weighted by Crippen LogP contribution is 2.34. The number of para-hydroxylation sites is 1. The minimum absolute atomic E-state index is 0.311. The first-order valence-electron chi connectivity index (χ1n) is 11.1. The average Bonchev–Trinajstić information content (AvgIpc) is 3.23. The molecule has 0 unspecified atom stereocenters. The van der Waals surface area contributed by atoms with E-state index in [1.54, 1.807) is 4.52 Å². The zero-order valence-electron chi connectivity index (χ0n) is 18.2. The molecule has 0 bridgehead atoms. The summed E-state index contributed by atoms with van der Waals surface area (Å²) in [6.45, 7) is 1.96. The number of hydrogen-bond acceptors (Lipinski definition) is 6. The Kier molecular flexibility index (Phi) is 5.41. The van der Waals surface area contributed by atoms with E-state index in [-0.39, 0.29) is 0 Å². The highest BCUT2D eigenvalue weighted by Gasteiger charge is 2.24. The Hall–Kier alpha value is -3.58. The number of nitrogens with zero attached hydrogens (tertiary/aromatic N) is 3. The molecule has 2 aromatic heterocycles. The van der Waals surface area contributed by atoms with Gasteiger partial charge < -0.3 is 21.5 Å². The van der Waals surface area contributed by atoms with Crippen molar-refractivity contribution in [1.82, 2.24) is 14.6 Å². The molecule has 0 radical (unpaired) electrons. The molecule has 5 rings (SSSR count). The molecule has 2 heterocycles. The Morgan fingerprint density at radius 2 is 1.66 bits per heavy atom. The van der Waals surface area contributed by atoms with Crippen molar-refractivity contribution in [3.05, 3.63) is 72.1 Å². The zero-order chi connectivity index (χ0) is 22.1. The van der Waals surface area contributed by atoms with Gasteiger partial charge in [-0.2, -0.15) is 0 Å². The smallest absolute Gasteiger partial charge is 0.177 e. The lowest BCUT2D eigenvalue weighted by Crippen LogP contribution is -2.25. The average molecular weight is 429 g/mol. The molecule has 0 spiro atoms. The van der Waals surface area contributed by atoms with Crippen LogP contribution in [0.2, 0.25) is 0 Å². The lowest BCUT2D eigenvalue weighted by molar-refractivity contribution is 0.391. The fourth-order valence-corrected chi connectivity index (χ4v) is 4.26. The molecule has 0 saturated heterocycles. The molecular formula is C25H28N6O. The van der Waals surface area contributed by atoms with E-state index < -0.39 is 0 Å². The second-order valence-corrected chi connectivity index (χ2v) is 8.50. The standard InChI is InChI=1S/C25H28N6O/c1-16-23(28-19-11-13-21(14-12-19)32-20-5-3-2-4-6-20)25-29-22(15-31(25)30-24(16)27)17-7-9-18(26)10-8-17/h2-6,11-15,17-18,28H,7-10,26H2,1H3,(H2,27,30)/t17-,18-. The molecule has 0 amide bonds. The molecule has 2 aromatic carbocycles. The molecule has 7 nitrogen and oxygen atoms in total. The number of anilines is 3. The molecule has 32 heavy (non-hydrogen) atoms. The number of rotatable bonds is 5.